The van der Waals surface area contributed by atoms with E-state index in [1.54, 1.807) is 12.1 Å². The van der Waals surface area contributed by atoms with Crippen molar-refractivity contribution < 1.29 is 12.8 Å². The summed E-state index contributed by atoms with van der Waals surface area (Å²) in [6, 6.07) is 15.9. The van der Waals surface area contributed by atoms with Gasteiger partial charge in [0.25, 0.3) is 0 Å². The highest BCUT2D eigenvalue weighted by Crippen LogP contribution is 2.33. The minimum absolute atomic E-state index is 0.0559. The summed E-state index contributed by atoms with van der Waals surface area (Å²) < 4.78 is 28.8. The number of aromatic nitrogens is 1. The largest absolute Gasteiger partial charge is 0.440 e. The SMILES string of the molecule is NCCCc1nc(-c2ccccc2)c(-c2ccc(S(N)(=O)=O)cc2)o1. The molecule has 0 aliphatic rings. The Morgan fingerprint density at radius 1 is 0.960 bits per heavy atom. The highest BCUT2D eigenvalue weighted by atomic mass is 32.2. The number of nitrogens with two attached hydrogens (primary N) is 2. The van der Waals surface area contributed by atoms with Gasteiger partial charge in [-0.2, -0.15) is 0 Å². The van der Waals surface area contributed by atoms with Crippen LogP contribution in [0.5, 0.6) is 0 Å². The lowest BCUT2D eigenvalue weighted by atomic mass is 10.1. The van der Waals surface area contributed by atoms with Crippen LogP contribution in [0.4, 0.5) is 0 Å². The van der Waals surface area contributed by atoms with Gasteiger partial charge < -0.3 is 10.2 Å². The summed E-state index contributed by atoms with van der Waals surface area (Å²) in [5, 5.41) is 5.15. The Bertz CT molecular complexity index is 949. The van der Waals surface area contributed by atoms with Crippen LogP contribution < -0.4 is 10.9 Å². The molecule has 4 N–H and O–H groups in total. The van der Waals surface area contributed by atoms with Crippen molar-refractivity contribution in [3.63, 3.8) is 0 Å². The zero-order chi connectivity index (χ0) is 17.9. The summed E-state index contributed by atoms with van der Waals surface area (Å²) in [5.41, 5.74) is 7.94. The van der Waals surface area contributed by atoms with E-state index in [1.807, 2.05) is 30.3 Å². The third-order valence-corrected chi connectivity index (χ3v) is 4.69. The maximum Gasteiger partial charge on any atom is 0.238 e. The summed E-state index contributed by atoms with van der Waals surface area (Å²) in [6.07, 6.45) is 1.42. The van der Waals surface area contributed by atoms with E-state index >= 15 is 0 Å². The lowest BCUT2D eigenvalue weighted by Crippen LogP contribution is -2.11. The van der Waals surface area contributed by atoms with E-state index in [2.05, 4.69) is 4.98 Å². The number of nitrogens with zero attached hydrogens (tertiary/aromatic N) is 1. The topological polar surface area (TPSA) is 112 Å². The molecule has 0 radical (unpaired) electrons. The van der Waals surface area contributed by atoms with Crippen LogP contribution in [0, 0.1) is 0 Å². The predicted molar refractivity (Wildman–Crippen MR) is 96.1 cm³/mol. The van der Waals surface area contributed by atoms with Gasteiger partial charge in [-0.3, -0.25) is 0 Å². The molecule has 0 amide bonds. The van der Waals surface area contributed by atoms with Gasteiger partial charge in [0.2, 0.25) is 10.0 Å². The first-order valence-electron chi connectivity index (χ1n) is 7.87. The van der Waals surface area contributed by atoms with E-state index < -0.39 is 10.0 Å². The fraction of sp³-hybridized carbons (Fsp3) is 0.167. The standard InChI is InChI=1S/C18H19N3O3S/c19-12-4-7-16-21-17(13-5-2-1-3-6-13)18(24-16)14-8-10-15(11-9-14)25(20,22)23/h1-3,5-6,8-11H,4,7,12,19H2,(H2,20,22,23). The molecule has 25 heavy (non-hydrogen) atoms. The summed E-state index contributed by atoms with van der Waals surface area (Å²) in [4.78, 5) is 4.66. The molecule has 0 aliphatic heterocycles. The Morgan fingerprint density at radius 2 is 1.64 bits per heavy atom. The zero-order valence-electron chi connectivity index (χ0n) is 13.6. The minimum atomic E-state index is -3.73. The Hall–Kier alpha value is -2.48. The van der Waals surface area contributed by atoms with E-state index in [1.165, 1.54) is 12.1 Å². The third kappa shape index (κ3) is 3.96. The molecule has 0 aliphatic carbocycles. The molecule has 1 heterocycles. The van der Waals surface area contributed by atoms with Crippen LogP contribution in [0.15, 0.2) is 63.9 Å². The van der Waals surface area contributed by atoms with Gasteiger partial charge in [-0.05, 0) is 37.2 Å². The van der Waals surface area contributed by atoms with Crippen LogP contribution in [0.1, 0.15) is 12.3 Å². The van der Waals surface area contributed by atoms with Crippen molar-refractivity contribution in [1.29, 1.82) is 0 Å². The number of aryl methyl sites for hydroxylation is 1. The van der Waals surface area contributed by atoms with Crippen molar-refractivity contribution in [2.24, 2.45) is 10.9 Å². The Labute approximate surface area is 146 Å². The highest BCUT2D eigenvalue weighted by Gasteiger charge is 2.17. The van der Waals surface area contributed by atoms with Gasteiger partial charge in [0.1, 0.15) is 5.69 Å². The molecule has 1 aromatic heterocycles. The summed E-state index contributed by atoms with van der Waals surface area (Å²) in [7, 11) is -3.73. The second-order valence-electron chi connectivity index (χ2n) is 5.61. The lowest BCUT2D eigenvalue weighted by molar-refractivity contribution is 0.499. The molecule has 6 nitrogen and oxygen atoms in total. The molecular formula is C18H19N3O3S. The average molecular weight is 357 g/mol. The summed E-state index contributed by atoms with van der Waals surface area (Å²) >= 11 is 0. The van der Waals surface area contributed by atoms with Gasteiger partial charge in [0.15, 0.2) is 11.7 Å². The Morgan fingerprint density at radius 3 is 2.24 bits per heavy atom. The van der Waals surface area contributed by atoms with Crippen molar-refractivity contribution in [1.82, 2.24) is 4.98 Å². The number of primary sulfonamides is 1. The fourth-order valence-electron chi connectivity index (χ4n) is 2.51. The zero-order valence-corrected chi connectivity index (χ0v) is 14.4. The first-order chi connectivity index (χ1) is 12.0. The average Bonchev–Trinajstić information content (AvgIpc) is 3.04. The first kappa shape index (κ1) is 17.3. The van der Waals surface area contributed by atoms with Gasteiger partial charge in [-0.15, -0.1) is 0 Å². The number of benzene rings is 2. The molecule has 3 rings (SSSR count). The second-order valence-corrected chi connectivity index (χ2v) is 7.17. The molecule has 130 valence electrons. The minimum Gasteiger partial charge on any atom is -0.440 e. The molecular weight excluding hydrogens is 338 g/mol. The van der Waals surface area contributed by atoms with Crippen molar-refractivity contribution >= 4 is 10.0 Å². The number of sulfonamides is 1. The smallest absolute Gasteiger partial charge is 0.238 e. The second kappa shape index (κ2) is 7.18. The molecule has 3 aromatic rings. The van der Waals surface area contributed by atoms with E-state index in [0.717, 1.165) is 23.2 Å². The monoisotopic (exact) mass is 357 g/mol. The van der Waals surface area contributed by atoms with Gasteiger partial charge in [-0.25, -0.2) is 18.5 Å². The molecule has 0 saturated heterocycles. The third-order valence-electron chi connectivity index (χ3n) is 3.76. The maximum absolute atomic E-state index is 11.4. The molecule has 0 saturated carbocycles. The number of oxazole rings is 1. The number of rotatable bonds is 6. The molecule has 7 heteroatoms. The number of hydrogen-bond donors (Lipinski definition) is 2. The van der Waals surface area contributed by atoms with E-state index in [0.29, 0.717) is 24.6 Å². The van der Waals surface area contributed by atoms with Gasteiger partial charge in [0.05, 0.1) is 4.90 Å². The molecule has 0 spiro atoms. The summed E-state index contributed by atoms with van der Waals surface area (Å²) in [6.45, 7) is 0.557. The summed E-state index contributed by atoms with van der Waals surface area (Å²) in [5.74, 6) is 1.20. The van der Waals surface area contributed by atoms with Crippen molar-refractivity contribution in [3.8, 4) is 22.6 Å². The van der Waals surface area contributed by atoms with Crippen molar-refractivity contribution in [2.45, 2.75) is 17.7 Å². The van der Waals surface area contributed by atoms with Gasteiger partial charge in [0, 0.05) is 17.5 Å². The van der Waals surface area contributed by atoms with Crippen LogP contribution in [0.25, 0.3) is 22.6 Å². The van der Waals surface area contributed by atoms with Gasteiger partial charge >= 0.3 is 0 Å². The fourth-order valence-corrected chi connectivity index (χ4v) is 3.02. The predicted octanol–water partition coefficient (Wildman–Crippen LogP) is 2.55. The van der Waals surface area contributed by atoms with Crippen LogP contribution >= 0.6 is 0 Å². The van der Waals surface area contributed by atoms with Crippen LogP contribution in [0.3, 0.4) is 0 Å². The maximum atomic E-state index is 11.4. The van der Waals surface area contributed by atoms with Crippen LogP contribution in [0.2, 0.25) is 0 Å². The van der Waals surface area contributed by atoms with E-state index in [-0.39, 0.29) is 4.90 Å². The van der Waals surface area contributed by atoms with E-state index in [9.17, 15) is 8.42 Å². The molecule has 0 atom stereocenters. The van der Waals surface area contributed by atoms with Crippen molar-refractivity contribution in [3.05, 3.63) is 60.5 Å². The van der Waals surface area contributed by atoms with Gasteiger partial charge in [-0.1, -0.05) is 30.3 Å². The molecule has 2 aromatic carbocycles. The molecule has 0 bridgehead atoms. The van der Waals surface area contributed by atoms with E-state index in [4.69, 9.17) is 15.3 Å². The quantitative estimate of drug-likeness (QED) is 0.704. The molecule has 0 fully saturated rings. The van der Waals surface area contributed by atoms with Crippen LogP contribution in [-0.2, 0) is 16.4 Å². The normalized spacial score (nSPS) is 11.6. The first-order valence-corrected chi connectivity index (χ1v) is 9.42. The van der Waals surface area contributed by atoms with Crippen LogP contribution in [-0.4, -0.2) is 19.9 Å². The molecule has 0 unspecified atom stereocenters. The highest BCUT2D eigenvalue weighted by molar-refractivity contribution is 7.89. The lowest BCUT2D eigenvalue weighted by Gasteiger charge is -2.03. The Balaban J connectivity index is 2.06. The van der Waals surface area contributed by atoms with Crippen molar-refractivity contribution in [2.75, 3.05) is 6.54 Å². The Kier molecular flexibility index (Phi) is 4.98. The number of hydrogen-bond acceptors (Lipinski definition) is 5.